The zero-order valence-electron chi connectivity index (χ0n) is 9.61. The van der Waals surface area contributed by atoms with Crippen LogP contribution in [0.25, 0.3) is 0 Å². The maximum absolute atomic E-state index is 11.2. The quantitative estimate of drug-likeness (QED) is 0.738. The number of hydrogen-bond acceptors (Lipinski definition) is 7. The van der Waals surface area contributed by atoms with Gasteiger partial charge in [-0.25, -0.2) is 14.8 Å². The molecule has 0 aliphatic carbocycles. The second-order valence-corrected chi connectivity index (χ2v) is 3.74. The minimum absolute atomic E-state index is 0.149. The van der Waals surface area contributed by atoms with Crippen LogP contribution in [0.5, 0.6) is 0 Å². The van der Waals surface area contributed by atoms with E-state index in [-0.39, 0.29) is 5.56 Å². The smallest absolute Gasteiger partial charge is 0.337 e. The molecule has 1 aromatic rings. The van der Waals surface area contributed by atoms with Gasteiger partial charge in [0.2, 0.25) is 0 Å². The van der Waals surface area contributed by atoms with E-state index in [1.807, 2.05) is 0 Å². The minimum atomic E-state index is -1.02. The van der Waals surface area contributed by atoms with E-state index in [9.17, 15) is 9.90 Å². The number of hydrazine groups is 2. The molecule has 0 aromatic heterocycles. The maximum Gasteiger partial charge on any atom is 0.337 e. The third-order valence-corrected chi connectivity index (χ3v) is 2.61. The van der Waals surface area contributed by atoms with Crippen LogP contribution in [0, 0.1) is 0 Å². The Balaban J connectivity index is 2.01. The number of anilines is 2. The molecule has 19 heavy (non-hydrogen) atoms. The summed E-state index contributed by atoms with van der Waals surface area (Å²) in [7, 11) is 0. The van der Waals surface area contributed by atoms with Gasteiger partial charge in [-0.3, -0.25) is 0 Å². The molecule has 8 heteroatoms. The molecule has 0 fully saturated rings. The van der Waals surface area contributed by atoms with Crippen LogP contribution >= 0.6 is 0 Å². The molecule has 2 aliphatic heterocycles. The minimum Gasteiger partial charge on any atom is -0.478 e. The van der Waals surface area contributed by atoms with Crippen LogP contribution in [0.1, 0.15) is 10.4 Å². The molecule has 2 aliphatic rings. The van der Waals surface area contributed by atoms with Gasteiger partial charge in [-0.2, -0.15) is 0 Å². The molecule has 0 saturated carbocycles. The average molecular weight is 262 g/mol. The predicted octanol–water partition coefficient (Wildman–Crippen LogP) is 0.840. The summed E-state index contributed by atoms with van der Waals surface area (Å²) in [5, 5.41) is 12.3. The van der Waals surface area contributed by atoms with E-state index < -0.39 is 5.97 Å². The third kappa shape index (κ3) is 2.05. The zero-order chi connectivity index (χ0) is 13.2. The summed E-state index contributed by atoms with van der Waals surface area (Å²) >= 11 is 0. The second kappa shape index (κ2) is 4.52. The molecule has 98 valence electrons. The molecule has 3 rings (SSSR count). The van der Waals surface area contributed by atoms with Gasteiger partial charge in [0.25, 0.3) is 0 Å². The predicted molar refractivity (Wildman–Crippen MR) is 65.1 cm³/mol. The van der Waals surface area contributed by atoms with E-state index in [2.05, 4.69) is 11.2 Å². The van der Waals surface area contributed by atoms with Crippen molar-refractivity contribution in [2.24, 2.45) is 0 Å². The van der Waals surface area contributed by atoms with Crippen molar-refractivity contribution in [3.05, 3.63) is 48.7 Å². The molecular formula is C11H10N4O4. The Kier molecular flexibility index (Phi) is 2.71. The standard InChI is InChI=1S/C11H10N4O4/c16-11(17)9-2-1-8(14-3-5-18-12-14)7-10(9)15-4-6-19-13-15/h1-7,12-13H,(H,16,17). The highest BCUT2D eigenvalue weighted by molar-refractivity contribution is 5.95. The Hall–Kier alpha value is -2.71. The highest BCUT2D eigenvalue weighted by Crippen LogP contribution is 2.28. The van der Waals surface area contributed by atoms with Crippen LogP contribution in [0.2, 0.25) is 0 Å². The van der Waals surface area contributed by atoms with Gasteiger partial charge < -0.3 is 14.8 Å². The van der Waals surface area contributed by atoms with Gasteiger partial charge >= 0.3 is 5.97 Å². The number of nitrogens with one attached hydrogen (secondary N) is 2. The summed E-state index contributed by atoms with van der Waals surface area (Å²) in [5.74, 6) is -1.02. The second-order valence-electron chi connectivity index (χ2n) is 3.74. The lowest BCUT2D eigenvalue weighted by atomic mass is 10.1. The normalized spacial score (nSPS) is 16.6. The third-order valence-electron chi connectivity index (χ3n) is 2.61. The summed E-state index contributed by atoms with van der Waals surface area (Å²) in [4.78, 5) is 20.9. The lowest BCUT2D eigenvalue weighted by molar-refractivity contribution is 0.0697. The lowest BCUT2D eigenvalue weighted by Gasteiger charge is -2.20. The first kappa shape index (κ1) is 11.4. The number of aromatic carboxylic acids is 1. The number of nitrogens with zero attached hydrogens (tertiary/aromatic N) is 2. The fourth-order valence-corrected chi connectivity index (χ4v) is 1.74. The van der Waals surface area contributed by atoms with Crippen LogP contribution in [-0.4, -0.2) is 11.1 Å². The monoisotopic (exact) mass is 262 g/mol. The van der Waals surface area contributed by atoms with Crippen molar-refractivity contribution in [2.45, 2.75) is 0 Å². The van der Waals surface area contributed by atoms with E-state index in [0.717, 1.165) is 5.69 Å². The number of hydrogen-bond donors (Lipinski definition) is 3. The van der Waals surface area contributed by atoms with Gasteiger partial charge in [0, 0.05) is 0 Å². The van der Waals surface area contributed by atoms with E-state index in [4.69, 9.17) is 9.68 Å². The molecule has 0 bridgehead atoms. The van der Waals surface area contributed by atoms with Crippen molar-refractivity contribution in [3.63, 3.8) is 0 Å². The largest absolute Gasteiger partial charge is 0.478 e. The topological polar surface area (TPSA) is 86.3 Å². The SMILES string of the molecule is O=C(O)c1ccc(N2C=CON2)cc1N1C=CON1. The average Bonchev–Trinajstić information content (AvgIpc) is 3.11. The molecule has 3 N–H and O–H groups in total. The first-order chi connectivity index (χ1) is 9.25. The molecular weight excluding hydrogens is 252 g/mol. The van der Waals surface area contributed by atoms with E-state index in [1.165, 1.54) is 23.6 Å². The van der Waals surface area contributed by atoms with E-state index >= 15 is 0 Å². The fourth-order valence-electron chi connectivity index (χ4n) is 1.74. The van der Waals surface area contributed by atoms with E-state index in [1.54, 1.807) is 29.5 Å². The maximum atomic E-state index is 11.2. The summed E-state index contributed by atoms with van der Waals surface area (Å²) in [6.07, 6.45) is 6.13. The highest BCUT2D eigenvalue weighted by atomic mass is 16.7. The van der Waals surface area contributed by atoms with Crippen molar-refractivity contribution in [1.29, 1.82) is 0 Å². The molecule has 0 radical (unpaired) electrons. The van der Waals surface area contributed by atoms with E-state index in [0.29, 0.717) is 5.69 Å². The van der Waals surface area contributed by atoms with Crippen LogP contribution in [0.3, 0.4) is 0 Å². The molecule has 0 unspecified atom stereocenters. The lowest BCUT2D eigenvalue weighted by Crippen LogP contribution is -2.30. The first-order valence-electron chi connectivity index (χ1n) is 5.37. The van der Waals surface area contributed by atoms with Gasteiger partial charge in [-0.1, -0.05) is 11.2 Å². The Labute approximate surface area is 108 Å². The van der Waals surface area contributed by atoms with Gasteiger partial charge in [0.1, 0.15) is 12.5 Å². The van der Waals surface area contributed by atoms with Crippen molar-refractivity contribution in [3.8, 4) is 0 Å². The zero-order valence-corrected chi connectivity index (χ0v) is 9.61. The molecule has 0 amide bonds. The number of benzene rings is 1. The van der Waals surface area contributed by atoms with Gasteiger partial charge in [-0.05, 0) is 18.2 Å². The number of carboxylic acid groups (broad SMARTS) is 1. The van der Waals surface area contributed by atoms with Crippen molar-refractivity contribution in [1.82, 2.24) is 11.2 Å². The summed E-state index contributed by atoms with van der Waals surface area (Å²) in [6, 6.07) is 4.86. The Morgan fingerprint density at radius 1 is 1.11 bits per heavy atom. The Morgan fingerprint density at radius 2 is 1.79 bits per heavy atom. The Bertz CT molecular complexity index is 572. The van der Waals surface area contributed by atoms with Crippen LogP contribution in [-0.2, 0) is 9.68 Å². The molecule has 0 saturated heterocycles. The fraction of sp³-hybridized carbons (Fsp3) is 0. The summed E-state index contributed by atoms with van der Waals surface area (Å²) < 4.78 is 0. The molecule has 8 nitrogen and oxygen atoms in total. The number of carbonyl (C=O) groups is 1. The van der Waals surface area contributed by atoms with Gasteiger partial charge in [0.15, 0.2) is 0 Å². The summed E-state index contributed by atoms with van der Waals surface area (Å²) in [5.41, 5.74) is 6.49. The number of carboxylic acids is 1. The molecule has 1 aromatic carbocycles. The van der Waals surface area contributed by atoms with Crippen LogP contribution in [0.15, 0.2) is 43.1 Å². The van der Waals surface area contributed by atoms with Gasteiger partial charge in [0.05, 0.1) is 29.3 Å². The highest BCUT2D eigenvalue weighted by Gasteiger charge is 2.19. The molecule has 2 heterocycles. The summed E-state index contributed by atoms with van der Waals surface area (Å²) in [6.45, 7) is 0. The van der Waals surface area contributed by atoms with Crippen molar-refractivity contribution < 1.29 is 19.6 Å². The number of rotatable bonds is 3. The molecule has 0 atom stereocenters. The molecule has 0 spiro atoms. The van der Waals surface area contributed by atoms with Crippen molar-refractivity contribution >= 4 is 17.3 Å². The Morgan fingerprint density at radius 3 is 2.37 bits per heavy atom. The first-order valence-corrected chi connectivity index (χ1v) is 5.37. The van der Waals surface area contributed by atoms with Crippen molar-refractivity contribution in [2.75, 3.05) is 10.0 Å². The van der Waals surface area contributed by atoms with Gasteiger partial charge in [-0.15, -0.1) is 0 Å². The van der Waals surface area contributed by atoms with Crippen LogP contribution in [0.4, 0.5) is 11.4 Å². The van der Waals surface area contributed by atoms with Crippen LogP contribution < -0.4 is 21.2 Å².